The van der Waals surface area contributed by atoms with Crippen molar-refractivity contribution in [3.05, 3.63) is 75.8 Å². The summed E-state index contributed by atoms with van der Waals surface area (Å²) in [4.78, 5) is 40.4. The van der Waals surface area contributed by atoms with E-state index >= 15 is 0 Å². The van der Waals surface area contributed by atoms with Gasteiger partial charge in [0.2, 0.25) is 5.91 Å². The van der Waals surface area contributed by atoms with Gasteiger partial charge >= 0.3 is 0 Å². The molecule has 0 fully saturated rings. The van der Waals surface area contributed by atoms with Gasteiger partial charge in [-0.3, -0.25) is 25.2 Å². The quantitative estimate of drug-likeness (QED) is 0.379. The first-order valence-electron chi connectivity index (χ1n) is 8.72. The van der Waals surface area contributed by atoms with Crippen molar-refractivity contribution < 1.29 is 14.4 Å². The van der Waals surface area contributed by atoms with Gasteiger partial charge in [0.15, 0.2) is 5.13 Å². The molecule has 3 N–H and O–H groups in total. The lowest BCUT2D eigenvalue weighted by Crippen LogP contribution is -2.41. The van der Waals surface area contributed by atoms with Crippen molar-refractivity contribution in [1.29, 1.82) is 0 Å². The minimum absolute atomic E-state index is 0.0959. The van der Waals surface area contributed by atoms with E-state index in [2.05, 4.69) is 21.2 Å². The first-order chi connectivity index (χ1) is 14.4. The van der Waals surface area contributed by atoms with Crippen LogP contribution in [0.4, 0.5) is 5.13 Å². The summed E-state index contributed by atoms with van der Waals surface area (Å²) in [5, 5.41) is 4.99. The number of thiazole rings is 1. The number of carbonyl (C=O) groups is 3. The van der Waals surface area contributed by atoms with Gasteiger partial charge in [-0.2, -0.15) is 0 Å². The molecule has 1 aromatic heterocycles. The van der Waals surface area contributed by atoms with Crippen LogP contribution in [0.3, 0.4) is 0 Å². The van der Waals surface area contributed by atoms with E-state index in [1.807, 2.05) is 36.4 Å². The molecule has 0 aliphatic rings. The summed E-state index contributed by atoms with van der Waals surface area (Å²) >= 11 is 8.67. The Kier molecular flexibility index (Phi) is 7.45. The van der Waals surface area contributed by atoms with Gasteiger partial charge in [-0.25, -0.2) is 4.98 Å². The van der Waals surface area contributed by atoms with Gasteiger partial charge < -0.3 is 5.32 Å². The zero-order chi connectivity index (χ0) is 21.5. The fourth-order valence-corrected chi connectivity index (χ4v) is 4.00. The molecule has 154 valence electrons. The minimum atomic E-state index is -0.577. The molecule has 0 radical (unpaired) electrons. The Labute approximate surface area is 186 Å². The molecule has 0 saturated heterocycles. The highest BCUT2D eigenvalue weighted by Crippen LogP contribution is 2.24. The van der Waals surface area contributed by atoms with Crippen LogP contribution in [-0.2, 0) is 10.5 Å². The van der Waals surface area contributed by atoms with Crippen LogP contribution >= 0.6 is 34.7 Å². The lowest BCUT2D eigenvalue weighted by Gasteiger charge is -2.07. The average molecular weight is 461 g/mol. The molecule has 0 saturated carbocycles. The number of rotatable bonds is 6. The van der Waals surface area contributed by atoms with Gasteiger partial charge in [-0.15, -0.1) is 23.1 Å². The molecule has 3 rings (SSSR count). The number of amides is 3. The van der Waals surface area contributed by atoms with Crippen LogP contribution in [0.1, 0.15) is 33.3 Å². The van der Waals surface area contributed by atoms with E-state index in [1.165, 1.54) is 12.3 Å². The van der Waals surface area contributed by atoms with Crippen molar-refractivity contribution in [1.82, 2.24) is 15.8 Å². The van der Waals surface area contributed by atoms with E-state index in [4.69, 9.17) is 11.6 Å². The Morgan fingerprint density at radius 2 is 1.67 bits per heavy atom. The maximum Gasteiger partial charge on any atom is 0.289 e. The Hall–Kier alpha value is -2.88. The zero-order valence-electron chi connectivity index (χ0n) is 15.8. The summed E-state index contributed by atoms with van der Waals surface area (Å²) in [6, 6.07) is 14.7. The Bertz CT molecular complexity index is 1050. The summed E-state index contributed by atoms with van der Waals surface area (Å²) < 4.78 is 0. The molecule has 0 atom stereocenters. The average Bonchev–Trinajstić information content (AvgIpc) is 3.19. The molecule has 30 heavy (non-hydrogen) atoms. The fourth-order valence-electron chi connectivity index (χ4n) is 2.29. The minimum Gasteiger partial charge on any atom is -0.302 e. The van der Waals surface area contributed by atoms with Gasteiger partial charge in [0, 0.05) is 33.5 Å². The first-order valence-corrected chi connectivity index (χ1v) is 11.0. The Morgan fingerprint density at radius 1 is 1.00 bits per heavy atom. The Morgan fingerprint density at radius 3 is 2.33 bits per heavy atom. The molecule has 10 heteroatoms. The smallest absolute Gasteiger partial charge is 0.289 e. The molecule has 0 bridgehead atoms. The molecule has 3 aromatic rings. The summed E-state index contributed by atoms with van der Waals surface area (Å²) in [6.07, 6.45) is 0. The number of hydrogen-bond donors (Lipinski definition) is 3. The Balaban J connectivity index is 1.49. The molecule has 0 unspecified atom stereocenters. The van der Waals surface area contributed by atoms with Gasteiger partial charge in [-0.05, 0) is 42.0 Å². The van der Waals surface area contributed by atoms with Crippen molar-refractivity contribution in [3.8, 4) is 0 Å². The van der Waals surface area contributed by atoms with E-state index < -0.39 is 11.8 Å². The van der Waals surface area contributed by atoms with Crippen LogP contribution in [0.25, 0.3) is 0 Å². The summed E-state index contributed by atoms with van der Waals surface area (Å²) in [7, 11) is 0. The number of thioether (sulfide) groups is 1. The molecular formula is C20H17ClN4O3S2. The second-order valence-electron chi connectivity index (χ2n) is 6.07. The van der Waals surface area contributed by atoms with Crippen LogP contribution < -0.4 is 16.2 Å². The monoisotopic (exact) mass is 460 g/mol. The number of anilines is 1. The lowest BCUT2D eigenvalue weighted by molar-refractivity contribution is -0.114. The maximum absolute atomic E-state index is 12.2. The largest absolute Gasteiger partial charge is 0.302 e. The molecule has 0 spiro atoms. The topological polar surface area (TPSA) is 100 Å². The highest BCUT2D eigenvalue weighted by atomic mass is 35.5. The summed E-state index contributed by atoms with van der Waals surface area (Å²) in [6.45, 7) is 1.35. The van der Waals surface area contributed by atoms with Crippen molar-refractivity contribution in [2.24, 2.45) is 0 Å². The van der Waals surface area contributed by atoms with Crippen LogP contribution in [-0.4, -0.2) is 22.7 Å². The number of halogens is 1. The third-order valence-corrected chi connectivity index (χ3v) is 5.84. The van der Waals surface area contributed by atoms with Crippen molar-refractivity contribution in [3.63, 3.8) is 0 Å². The van der Waals surface area contributed by atoms with E-state index in [-0.39, 0.29) is 11.6 Å². The number of hydrogen-bond acceptors (Lipinski definition) is 6. The van der Waals surface area contributed by atoms with Crippen LogP contribution in [0.5, 0.6) is 0 Å². The molecule has 3 amide bonds. The SMILES string of the molecule is CC(=O)Nc1nc(C(=O)NNC(=O)c2ccc(CSc3ccc(Cl)cc3)cc2)cs1. The number of nitrogens with zero attached hydrogens (tertiary/aromatic N) is 1. The van der Waals surface area contributed by atoms with Crippen LogP contribution in [0, 0.1) is 0 Å². The van der Waals surface area contributed by atoms with Crippen molar-refractivity contribution in [2.45, 2.75) is 17.6 Å². The highest BCUT2D eigenvalue weighted by molar-refractivity contribution is 7.98. The number of nitrogens with one attached hydrogen (secondary N) is 3. The van der Waals surface area contributed by atoms with Crippen molar-refractivity contribution in [2.75, 3.05) is 5.32 Å². The van der Waals surface area contributed by atoms with Crippen LogP contribution in [0.15, 0.2) is 58.8 Å². The first kappa shape index (κ1) is 21.8. The van der Waals surface area contributed by atoms with E-state index in [1.54, 1.807) is 23.9 Å². The molecule has 7 nitrogen and oxygen atoms in total. The van der Waals surface area contributed by atoms with Gasteiger partial charge in [0.05, 0.1) is 0 Å². The number of carbonyl (C=O) groups excluding carboxylic acids is 3. The third-order valence-electron chi connectivity index (χ3n) is 3.74. The van der Waals surface area contributed by atoms with E-state index in [0.717, 1.165) is 27.5 Å². The van der Waals surface area contributed by atoms with Crippen molar-refractivity contribution >= 4 is 57.6 Å². The predicted octanol–water partition coefficient (Wildman–Crippen LogP) is 4.12. The van der Waals surface area contributed by atoms with Crippen LogP contribution in [0.2, 0.25) is 5.02 Å². The highest BCUT2D eigenvalue weighted by Gasteiger charge is 2.13. The second kappa shape index (κ2) is 10.2. The standard InChI is InChI=1S/C20H17ClN4O3S2/c1-12(26)22-20-23-17(11-30-20)19(28)25-24-18(27)14-4-2-13(3-5-14)10-29-16-8-6-15(21)7-9-16/h2-9,11H,10H2,1H3,(H,24,27)(H,25,28)(H,22,23,26). The number of benzene rings is 2. The molecule has 0 aliphatic carbocycles. The fraction of sp³-hybridized carbons (Fsp3) is 0.100. The number of aromatic nitrogens is 1. The number of hydrazine groups is 1. The van der Waals surface area contributed by atoms with Gasteiger partial charge in [0.25, 0.3) is 11.8 Å². The second-order valence-corrected chi connectivity index (χ2v) is 8.41. The summed E-state index contributed by atoms with van der Waals surface area (Å²) in [5.74, 6) is -0.551. The van der Waals surface area contributed by atoms with E-state index in [0.29, 0.717) is 15.7 Å². The molecule has 0 aliphatic heterocycles. The molecular weight excluding hydrogens is 444 g/mol. The third kappa shape index (κ3) is 6.31. The lowest BCUT2D eigenvalue weighted by atomic mass is 10.1. The summed E-state index contributed by atoms with van der Waals surface area (Å²) in [5.41, 5.74) is 6.22. The zero-order valence-corrected chi connectivity index (χ0v) is 18.2. The predicted molar refractivity (Wildman–Crippen MR) is 119 cm³/mol. The normalized spacial score (nSPS) is 10.3. The maximum atomic E-state index is 12.2. The molecule has 1 heterocycles. The van der Waals surface area contributed by atoms with E-state index in [9.17, 15) is 14.4 Å². The van der Waals surface area contributed by atoms with Gasteiger partial charge in [0.1, 0.15) is 5.69 Å². The molecule has 2 aromatic carbocycles. The van der Waals surface area contributed by atoms with Gasteiger partial charge in [-0.1, -0.05) is 23.7 Å².